The molecule has 0 saturated carbocycles. The normalized spacial score (nSPS) is 12.1. The van der Waals surface area contributed by atoms with Crippen LogP contribution in [0.2, 0.25) is 0 Å². The predicted molar refractivity (Wildman–Crippen MR) is 224 cm³/mol. The van der Waals surface area contributed by atoms with Gasteiger partial charge in [-0.1, -0.05) is 157 Å². The summed E-state index contributed by atoms with van der Waals surface area (Å²) in [7, 11) is 0. The zero-order valence-electron chi connectivity index (χ0n) is 35.4. The Morgan fingerprint density at radius 2 is 0.306 bits per heavy atom. The molecule has 49 heavy (non-hydrogen) atoms. The largest absolute Gasteiger partial charge is 0.303 e. The summed E-state index contributed by atoms with van der Waals surface area (Å²) in [4.78, 5) is 11.4. The minimum Gasteiger partial charge on any atom is -0.303 e. The van der Waals surface area contributed by atoms with Gasteiger partial charge in [-0.05, 0) is 136 Å². The number of hydrogen-bond donors (Lipinski definition) is 0. The quantitative estimate of drug-likeness (QED) is 0.0590. The molecule has 0 saturated heterocycles. The highest BCUT2D eigenvalue weighted by molar-refractivity contribution is 4.68. The molecule has 0 atom stereocenters. The third-order valence-corrected chi connectivity index (χ3v) is 10.8. The van der Waals surface area contributed by atoms with Crippen LogP contribution in [0.3, 0.4) is 0 Å². The van der Waals surface area contributed by atoms with Crippen molar-refractivity contribution in [3.63, 3.8) is 0 Å². The molecule has 0 heterocycles. The van der Waals surface area contributed by atoms with Gasteiger partial charge in [0.15, 0.2) is 0 Å². The molecule has 0 aromatic carbocycles. The van der Waals surface area contributed by atoms with Crippen LogP contribution >= 0.6 is 0 Å². The van der Waals surface area contributed by atoms with E-state index in [4.69, 9.17) is 0 Å². The van der Waals surface area contributed by atoms with Crippen LogP contribution in [0.5, 0.6) is 0 Å². The summed E-state index contributed by atoms with van der Waals surface area (Å²) in [5.41, 5.74) is 0. The summed E-state index contributed by atoms with van der Waals surface area (Å²) in [5, 5.41) is 0. The molecule has 0 unspecified atom stereocenters. The molecule has 0 radical (unpaired) electrons. The molecule has 0 aromatic heterocycles. The topological polar surface area (TPSA) is 13.0 Å². The van der Waals surface area contributed by atoms with Crippen molar-refractivity contribution in [1.82, 2.24) is 19.6 Å². The van der Waals surface area contributed by atoms with Crippen molar-refractivity contribution >= 4 is 0 Å². The van der Waals surface area contributed by atoms with Crippen LogP contribution in [0.25, 0.3) is 0 Å². The van der Waals surface area contributed by atoms with Gasteiger partial charge in [-0.2, -0.15) is 0 Å². The molecule has 0 N–H and O–H groups in total. The van der Waals surface area contributed by atoms with Gasteiger partial charge in [-0.25, -0.2) is 0 Å². The molecule has 0 bridgehead atoms. The van der Waals surface area contributed by atoms with Crippen LogP contribution in [0.1, 0.15) is 215 Å². The minimum absolute atomic E-state index is 1.29. The second-order valence-electron chi connectivity index (χ2n) is 15.8. The molecule has 0 aliphatic heterocycles. The van der Waals surface area contributed by atoms with Gasteiger partial charge in [-0.3, -0.25) is 0 Å². The van der Waals surface area contributed by atoms with Crippen molar-refractivity contribution in [2.24, 2.45) is 0 Å². The van der Waals surface area contributed by atoms with Gasteiger partial charge < -0.3 is 19.6 Å². The number of nitrogens with zero attached hydrogens (tertiary/aromatic N) is 4. The molecule has 4 heteroatoms. The SMILES string of the molecule is CCCCCCN(CCCCCC)CCCN(CCCN(CCCCCC)CCCCCC)CCCN(CCCCCC)CCCCCC. The van der Waals surface area contributed by atoms with Crippen molar-refractivity contribution in [2.45, 2.75) is 215 Å². The minimum atomic E-state index is 1.29. The summed E-state index contributed by atoms with van der Waals surface area (Å²) in [6.07, 6.45) is 37.3. The molecule has 0 spiro atoms. The van der Waals surface area contributed by atoms with Gasteiger partial charge in [0.05, 0.1) is 0 Å². The Labute approximate surface area is 312 Å². The van der Waals surface area contributed by atoms with Crippen LogP contribution in [-0.4, -0.2) is 98.1 Å². The first-order valence-corrected chi connectivity index (χ1v) is 23.0. The molecular formula is C45H96N4. The van der Waals surface area contributed by atoms with E-state index in [0.717, 1.165) is 0 Å². The maximum absolute atomic E-state index is 2.89. The van der Waals surface area contributed by atoms with Gasteiger partial charge in [0.25, 0.3) is 0 Å². The van der Waals surface area contributed by atoms with Crippen LogP contribution in [0, 0.1) is 0 Å². The number of rotatable bonds is 42. The van der Waals surface area contributed by atoms with E-state index in [-0.39, 0.29) is 0 Å². The van der Waals surface area contributed by atoms with Crippen LogP contribution in [0.4, 0.5) is 0 Å². The summed E-state index contributed by atoms with van der Waals surface area (Å²) in [5.74, 6) is 0. The van der Waals surface area contributed by atoms with E-state index in [1.807, 2.05) is 0 Å². The Bertz CT molecular complexity index is 482. The monoisotopic (exact) mass is 693 g/mol. The molecule has 0 aliphatic rings. The van der Waals surface area contributed by atoms with Crippen molar-refractivity contribution in [3.8, 4) is 0 Å². The molecule has 0 amide bonds. The molecule has 0 aliphatic carbocycles. The van der Waals surface area contributed by atoms with Gasteiger partial charge >= 0.3 is 0 Å². The lowest BCUT2D eigenvalue weighted by Gasteiger charge is -2.29. The van der Waals surface area contributed by atoms with Crippen molar-refractivity contribution in [1.29, 1.82) is 0 Å². The fourth-order valence-electron chi connectivity index (χ4n) is 7.47. The number of hydrogen-bond acceptors (Lipinski definition) is 4. The maximum atomic E-state index is 2.89. The zero-order valence-corrected chi connectivity index (χ0v) is 35.4. The first-order valence-electron chi connectivity index (χ1n) is 23.0. The molecule has 4 nitrogen and oxygen atoms in total. The van der Waals surface area contributed by atoms with E-state index in [1.54, 1.807) is 0 Å². The lowest BCUT2D eigenvalue weighted by atomic mass is 10.1. The van der Waals surface area contributed by atoms with Gasteiger partial charge in [0, 0.05) is 0 Å². The van der Waals surface area contributed by atoms with Crippen molar-refractivity contribution in [3.05, 3.63) is 0 Å². The third kappa shape index (κ3) is 34.7. The molecular weight excluding hydrogens is 597 g/mol. The van der Waals surface area contributed by atoms with E-state index in [2.05, 4.69) is 61.1 Å². The maximum Gasteiger partial charge on any atom is -0.000653 e. The lowest BCUT2D eigenvalue weighted by Crippen LogP contribution is -2.36. The van der Waals surface area contributed by atoms with E-state index >= 15 is 0 Å². The Kier molecular flexibility index (Phi) is 40.5. The fourth-order valence-corrected chi connectivity index (χ4v) is 7.47. The number of unbranched alkanes of at least 4 members (excludes halogenated alkanes) is 18. The first-order chi connectivity index (χ1) is 24.1. The van der Waals surface area contributed by atoms with Gasteiger partial charge in [-0.15, -0.1) is 0 Å². The van der Waals surface area contributed by atoms with Crippen LogP contribution < -0.4 is 0 Å². The summed E-state index contributed by atoms with van der Waals surface area (Å²) in [6.45, 7) is 29.8. The standard InChI is InChI=1S/C45H96N4/c1-7-13-19-25-34-46(35-26-20-14-8-2)40-31-43-49(44-32-41-47(36-27-21-15-9-3)37-28-22-16-10-4)45-33-42-48(38-29-23-17-11-5)39-30-24-18-12-6/h7-45H2,1-6H3. The Morgan fingerprint density at radius 1 is 0.163 bits per heavy atom. The Balaban J connectivity index is 5.25. The predicted octanol–water partition coefficient (Wildman–Crippen LogP) is 12.8. The summed E-state index contributed by atoms with van der Waals surface area (Å²) < 4.78 is 0. The second-order valence-corrected chi connectivity index (χ2v) is 15.8. The highest BCUT2D eigenvalue weighted by Gasteiger charge is 2.12. The molecule has 296 valence electrons. The third-order valence-electron chi connectivity index (χ3n) is 10.8. The van der Waals surface area contributed by atoms with E-state index in [9.17, 15) is 0 Å². The average Bonchev–Trinajstić information content (AvgIpc) is 3.11. The van der Waals surface area contributed by atoms with Gasteiger partial charge in [0.2, 0.25) is 0 Å². The molecule has 0 fully saturated rings. The van der Waals surface area contributed by atoms with Crippen molar-refractivity contribution < 1.29 is 0 Å². The lowest BCUT2D eigenvalue weighted by molar-refractivity contribution is 0.189. The second kappa shape index (κ2) is 40.6. The summed E-state index contributed by atoms with van der Waals surface area (Å²) >= 11 is 0. The van der Waals surface area contributed by atoms with E-state index in [0.29, 0.717) is 0 Å². The zero-order chi connectivity index (χ0) is 35.9. The van der Waals surface area contributed by atoms with E-state index in [1.165, 1.54) is 252 Å². The van der Waals surface area contributed by atoms with Gasteiger partial charge in [0.1, 0.15) is 0 Å². The Morgan fingerprint density at radius 3 is 0.449 bits per heavy atom. The Hall–Kier alpha value is -0.160. The fraction of sp³-hybridized carbons (Fsp3) is 1.00. The summed E-state index contributed by atoms with van der Waals surface area (Å²) in [6, 6.07) is 0. The first kappa shape index (κ1) is 48.8. The van der Waals surface area contributed by atoms with Crippen LogP contribution in [0.15, 0.2) is 0 Å². The smallest absolute Gasteiger partial charge is 0.000653 e. The molecule has 0 rings (SSSR count). The van der Waals surface area contributed by atoms with Crippen molar-refractivity contribution in [2.75, 3.05) is 78.5 Å². The molecule has 0 aromatic rings. The van der Waals surface area contributed by atoms with E-state index < -0.39 is 0 Å². The highest BCUT2D eigenvalue weighted by Crippen LogP contribution is 2.11. The van der Waals surface area contributed by atoms with Crippen LogP contribution in [-0.2, 0) is 0 Å². The average molecular weight is 693 g/mol. The highest BCUT2D eigenvalue weighted by atomic mass is 15.2.